The van der Waals surface area contributed by atoms with E-state index in [0.29, 0.717) is 77.2 Å². The molecule has 0 aliphatic carbocycles. The predicted octanol–water partition coefficient (Wildman–Crippen LogP) is 3.81. The summed E-state index contributed by atoms with van der Waals surface area (Å²) in [5, 5.41) is 26.5. The van der Waals surface area contributed by atoms with Crippen LogP contribution in [0.2, 0.25) is 0 Å². The number of ether oxygens (including phenoxy) is 6. The van der Waals surface area contributed by atoms with Gasteiger partial charge in [0.05, 0.1) is 70.6 Å². The number of piperidine rings is 1. The van der Waals surface area contributed by atoms with E-state index < -0.39 is 29.7 Å². The second kappa shape index (κ2) is 24.6. The number of fused-ring (bicyclic) bond motifs is 2. The number of benzene rings is 4. The highest BCUT2D eigenvalue weighted by Crippen LogP contribution is 2.40. The lowest BCUT2D eigenvalue weighted by atomic mass is 10.0. The van der Waals surface area contributed by atoms with Crippen LogP contribution in [-0.4, -0.2) is 164 Å². The van der Waals surface area contributed by atoms with Gasteiger partial charge in [0, 0.05) is 76.1 Å². The summed E-state index contributed by atoms with van der Waals surface area (Å²) in [5.74, 6) is -2.85. The molecule has 71 heavy (non-hydrogen) atoms. The average molecular weight is 979 g/mol. The van der Waals surface area contributed by atoms with Crippen molar-refractivity contribution in [2.45, 2.75) is 52.0 Å². The van der Waals surface area contributed by atoms with E-state index in [1.807, 2.05) is 30.3 Å². The van der Waals surface area contributed by atoms with E-state index in [0.717, 1.165) is 60.9 Å². The minimum atomic E-state index is -1.03. The van der Waals surface area contributed by atoms with Crippen molar-refractivity contribution < 1.29 is 62.6 Å². The molecule has 0 aromatic heterocycles. The highest BCUT2D eigenvalue weighted by atomic mass is 16.6. The number of rotatable bonds is 25. The van der Waals surface area contributed by atoms with Crippen molar-refractivity contribution in [3.63, 3.8) is 0 Å². The number of amides is 5. The Hall–Kier alpha value is -6.45. The molecular weight excluding hydrogens is 917 g/mol. The van der Waals surface area contributed by atoms with Gasteiger partial charge in [-0.1, -0.05) is 54.6 Å². The molecule has 4 aromatic rings. The molecule has 0 spiro atoms. The summed E-state index contributed by atoms with van der Waals surface area (Å²) in [6, 6.07) is 21.0. The number of hydrogen-bond acceptors (Lipinski definition) is 16. The molecule has 0 saturated carbocycles. The van der Waals surface area contributed by atoms with Crippen molar-refractivity contribution in [2.75, 3.05) is 104 Å². The zero-order valence-corrected chi connectivity index (χ0v) is 40.0. The first kappa shape index (κ1) is 50.9. The number of piperazine rings is 1. The largest absolute Gasteiger partial charge is 0.507 e. The standard InChI is InChI=1S/C52H62N6O13/c1-35-43(59)29-44(60)47(48(35)71-33-36-6-3-2-4-7-36)51(64)57-31-38-11-10-37(28-39(38)32-57)30-56-16-14-55(15-17-56)18-19-66-20-21-67-22-23-68-24-25-69-26-27-70-34-53-41-9-5-8-40-46(41)52(65)58(50(40)63)42-12-13-45(61)54-49(42)62/h2-11,28-29,42,53,59-60H,12-27,30-34H2,1H3,(H,54,61,62). The maximum Gasteiger partial charge on any atom is 0.264 e. The van der Waals surface area contributed by atoms with E-state index in [2.05, 4.69) is 38.6 Å². The molecule has 2 fully saturated rings. The minimum Gasteiger partial charge on any atom is -0.507 e. The number of nitrogens with one attached hydrogen (secondary N) is 2. The van der Waals surface area contributed by atoms with Crippen LogP contribution in [0.1, 0.15) is 71.7 Å². The zero-order valence-electron chi connectivity index (χ0n) is 40.0. The third-order valence-corrected chi connectivity index (χ3v) is 12.9. The lowest BCUT2D eigenvalue weighted by Gasteiger charge is -2.34. The van der Waals surface area contributed by atoms with Crippen LogP contribution < -0.4 is 15.4 Å². The second-order valence-corrected chi connectivity index (χ2v) is 17.8. The van der Waals surface area contributed by atoms with Crippen LogP contribution in [0.3, 0.4) is 0 Å². The van der Waals surface area contributed by atoms with E-state index in [1.165, 1.54) is 17.7 Å². The molecule has 4 N–H and O–H groups in total. The maximum absolute atomic E-state index is 13.9. The Bertz CT molecular complexity index is 2540. The summed E-state index contributed by atoms with van der Waals surface area (Å²) in [6.45, 7) is 12.1. The van der Waals surface area contributed by atoms with Gasteiger partial charge in [-0.15, -0.1) is 0 Å². The Morgan fingerprint density at radius 3 is 2.07 bits per heavy atom. The van der Waals surface area contributed by atoms with Crippen molar-refractivity contribution >= 4 is 35.2 Å². The Kier molecular flexibility index (Phi) is 17.6. The fraction of sp³-hybridized carbons (Fsp3) is 0.442. The van der Waals surface area contributed by atoms with E-state index in [-0.39, 0.29) is 72.6 Å². The van der Waals surface area contributed by atoms with Crippen LogP contribution in [0.5, 0.6) is 17.2 Å². The third-order valence-electron chi connectivity index (χ3n) is 12.9. The minimum absolute atomic E-state index is 0.0522. The maximum atomic E-state index is 13.9. The Balaban J connectivity index is 0.626. The van der Waals surface area contributed by atoms with E-state index in [9.17, 15) is 34.2 Å². The van der Waals surface area contributed by atoms with Crippen molar-refractivity contribution in [3.05, 3.63) is 117 Å². The summed E-state index contributed by atoms with van der Waals surface area (Å²) in [4.78, 5) is 71.6. The monoisotopic (exact) mass is 978 g/mol. The lowest BCUT2D eigenvalue weighted by Crippen LogP contribution is -2.54. The van der Waals surface area contributed by atoms with Crippen LogP contribution in [0.4, 0.5) is 5.69 Å². The van der Waals surface area contributed by atoms with E-state index >= 15 is 0 Å². The van der Waals surface area contributed by atoms with Gasteiger partial charge in [-0.25, -0.2) is 0 Å². The molecule has 0 bridgehead atoms. The smallest absolute Gasteiger partial charge is 0.264 e. The molecule has 19 nitrogen and oxygen atoms in total. The molecule has 4 aliphatic rings. The van der Waals surface area contributed by atoms with Gasteiger partial charge in [-0.05, 0) is 47.7 Å². The summed E-state index contributed by atoms with van der Waals surface area (Å²) in [5.41, 5.74) is 5.47. The molecule has 8 rings (SSSR count). The number of nitrogens with zero attached hydrogens (tertiary/aromatic N) is 4. The Labute approximate surface area is 412 Å². The first-order valence-corrected chi connectivity index (χ1v) is 24.1. The van der Waals surface area contributed by atoms with Crippen LogP contribution in [0.15, 0.2) is 72.8 Å². The molecule has 0 radical (unpaired) electrons. The quantitative estimate of drug-likeness (QED) is 0.0422. The topological polar surface area (TPSA) is 218 Å². The van der Waals surface area contributed by atoms with E-state index in [4.69, 9.17) is 28.4 Å². The number of phenolic OH excluding ortho intramolecular Hbond substituents is 2. The number of aromatic hydroxyl groups is 2. The predicted molar refractivity (Wildman–Crippen MR) is 258 cm³/mol. The SMILES string of the molecule is Cc1c(O)cc(O)c(C(=O)N2Cc3ccc(CN4CCN(CCOCCOCCOCCOCCOCNc5cccc6c5C(=O)N(C5CCC(=O)NC5=O)C6=O)CC4)cc3C2)c1OCc1ccccc1. The highest BCUT2D eigenvalue weighted by Gasteiger charge is 2.45. The summed E-state index contributed by atoms with van der Waals surface area (Å²) in [6.07, 6.45) is 0.140. The second-order valence-electron chi connectivity index (χ2n) is 17.8. The number of imide groups is 2. The van der Waals surface area contributed by atoms with Crippen molar-refractivity contribution in [1.82, 2.24) is 24.9 Å². The van der Waals surface area contributed by atoms with Crippen LogP contribution >= 0.6 is 0 Å². The lowest BCUT2D eigenvalue weighted by molar-refractivity contribution is -0.136. The number of carbonyl (C=O) groups excluding carboxylic acids is 5. The average Bonchev–Trinajstić information content (AvgIpc) is 3.91. The number of carbonyl (C=O) groups is 5. The fourth-order valence-electron chi connectivity index (χ4n) is 9.06. The number of anilines is 1. The van der Waals surface area contributed by atoms with Gasteiger partial charge in [-0.3, -0.25) is 44.0 Å². The zero-order chi connectivity index (χ0) is 49.7. The molecular formula is C52H62N6O13. The molecule has 5 amide bonds. The third kappa shape index (κ3) is 12.9. The van der Waals surface area contributed by atoms with Crippen molar-refractivity contribution in [2.24, 2.45) is 0 Å². The van der Waals surface area contributed by atoms with Crippen molar-refractivity contribution in [1.29, 1.82) is 0 Å². The fourth-order valence-corrected chi connectivity index (χ4v) is 9.06. The Morgan fingerprint density at radius 2 is 1.37 bits per heavy atom. The van der Waals surface area contributed by atoms with Crippen molar-refractivity contribution in [3.8, 4) is 17.2 Å². The van der Waals surface area contributed by atoms with Crippen LogP contribution in [-0.2, 0) is 59.5 Å². The first-order valence-electron chi connectivity index (χ1n) is 24.1. The molecule has 4 heterocycles. The summed E-state index contributed by atoms with van der Waals surface area (Å²) in [7, 11) is 0. The van der Waals surface area contributed by atoms with Gasteiger partial charge < -0.3 is 48.9 Å². The van der Waals surface area contributed by atoms with Crippen LogP contribution in [0.25, 0.3) is 0 Å². The van der Waals surface area contributed by atoms with Gasteiger partial charge in [0.25, 0.3) is 17.7 Å². The van der Waals surface area contributed by atoms with Gasteiger partial charge in [-0.2, -0.15) is 0 Å². The first-order chi connectivity index (χ1) is 34.5. The molecule has 4 aliphatic heterocycles. The van der Waals surface area contributed by atoms with Gasteiger partial charge in [0.1, 0.15) is 42.2 Å². The Morgan fingerprint density at radius 1 is 0.704 bits per heavy atom. The van der Waals surface area contributed by atoms with Gasteiger partial charge in [0.15, 0.2) is 0 Å². The number of phenols is 2. The number of hydrogen-bond donors (Lipinski definition) is 4. The van der Waals surface area contributed by atoms with E-state index in [1.54, 1.807) is 24.0 Å². The summed E-state index contributed by atoms with van der Waals surface area (Å²) < 4.78 is 34.3. The molecule has 378 valence electrons. The highest BCUT2D eigenvalue weighted by molar-refractivity contribution is 6.25. The molecule has 2 saturated heterocycles. The molecule has 1 unspecified atom stereocenters. The molecule has 19 heteroatoms. The van der Waals surface area contributed by atoms with Gasteiger partial charge in [0.2, 0.25) is 11.8 Å². The summed E-state index contributed by atoms with van der Waals surface area (Å²) >= 11 is 0. The van der Waals surface area contributed by atoms with Crippen LogP contribution in [0, 0.1) is 6.92 Å². The normalized spacial score (nSPS) is 17.2. The molecule has 1 atom stereocenters. The molecule has 4 aromatic carbocycles. The van der Waals surface area contributed by atoms with Gasteiger partial charge >= 0.3 is 0 Å².